The van der Waals surface area contributed by atoms with E-state index in [4.69, 9.17) is 22.1 Å². The summed E-state index contributed by atoms with van der Waals surface area (Å²) in [4.78, 5) is 18.7. The second kappa shape index (κ2) is 10.9. The molecule has 1 saturated heterocycles. The minimum absolute atomic E-state index is 0. The number of carbonyl (C=O) groups is 1. The Labute approximate surface area is 174 Å². The Hall–Kier alpha value is -1.05. The maximum absolute atomic E-state index is 12.3. The van der Waals surface area contributed by atoms with Crippen molar-refractivity contribution in [1.29, 1.82) is 0 Å². The highest BCUT2D eigenvalue weighted by Crippen LogP contribution is 2.20. The van der Waals surface area contributed by atoms with Gasteiger partial charge in [-0.05, 0) is 43.1 Å². The predicted octanol–water partition coefficient (Wildman–Crippen LogP) is 3.57. The molecule has 5 nitrogen and oxygen atoms in total. The van der Waals surface area contributed by atoms with E-state index in [1.165, 1.54) is 11.3 Å². The van der Waals surface area contributed by atoms with Gasteiger partial charge >= 0.3 is 0 Å². The van der Waals surface area contributed by atoms with Crippen LogP contribution in [0.15, 0.2) is 29.6 Å². The van der Waals surface area contributed by atoms with E-state index in [1.54, 1.807) is 12.1 Å². The van der Waals surface area contributed by atoms with Crippen LogP contribution >= 0.6 is 47.8 Å². The normalized spacial score (nSPS) is 15.9. The fourth-order valence-electron chi connectivity index (χ4n) is 2.69. The van der Waals surface area contributed by atoms with Gasteiger partial charge in [-0.3, -0.25) is 4.79 Å². The smallest absolute Gasteiger partial charge is 0.228 e. The van der Waals surface area contributed by atoms with Crippen molar-refractivity contribution in [2.24, 2.45) is 11.7 Å². The lowest BCUT2D eigenvalue weighted by atomic mass is 10.1. The summed E-state index contributed by atoms with van der Waals surface area (Å²) in [6.45, 7) is 2.61. The Morgan fingerprint density at radius 3 is 2.73 bits per heavy atom. The molecule has 2 aromatic rings. The van der Waals surface area contributed by atoms with Crippen molar-refractivity contribution in [3.8, 4) is 5.75 Å². The molecule has 2 heterocycles. The Kier molecular flexibility index (Phi) is 9.68. The molecule has 1 aliphatic heterocycles. The fourth-order valence-corrected chi connectivity index (χ4v) is 3.52. The van der Waals surface area contributed by atoms with Crippen LogP contribution in [-0.2, 0) is 17.8 Å². The van der Waals surface area contributed by atoms with Crippen molar-refractivity contribution in [2.45, 2.75) is 19.4 Å². The van der Waals surface area contributed by atoms with Crippen LogP contribution in [0.4, 0.5) is 0 Å². The maximum Gasteiger partial charge on any atom is 0.228 e. The Morgan fingerprint density at radius 1 is 1.35 bits per heavy atom. The lowest BCUT2D eigenvalue weighted by molar-refractivity contribution is -0.129. The van der Waals surface area contributed by atoms with Gasteiger partial charge in [-0.25, -0.2) is 4.98 Å². The number of hydrogen-bond acceptors (Lipinski definition) is 5. The van der Waals surface area contributed by atoms with E-state index in [0.29, 0.717) is 30.5 Å². The SMILES string of the molecule is Cl.Cl.NCC1CCN(C(=O)Cc2csc(COc3ccc(Cl)cc3)n2)C1. The Balaban J connectivity index is 0.00000169. The van der Waals surface area contributed by atoms with Crippen molar-refractivity contribution < 1.29 is 9.53 Å². The highest BCUT2D eigenvalue weighted by Gasteiger charge is 2.25. The van der Waals surface area contributed by atoms with E-state index in [2.05, 4.69) is 4.98 Å². The zero-order valence-corrected chi connectivity index (χ0v) is 17.3. The summed E-state index contributed by atoms with van der Waals surface area (Å²) in [6.07, 6.45) is 1.34. The summed E-state index contributed by atoms with van der Waals surface area (Å²) in [5, 5.41) is 3.46. The van der Waals surface area contributed by atoms with Gasteiger partial charge in [0.1, 0.15) is 17.4 Å². The number of ether oxygens (including phenoxy) is 1. The van der Waals surface area contributed by atoms with Crippen LogP contribution in [0.2, 0.25) is 5.02 Å². The third-order valence-corrected chi connectivity index (χ3v) is 5.20. The molecule has 26 heavy (non-hydrogen) atoms. The van der Waals surface area contributed by atoms with E-state index in [-0.39, 0.29) is 30.7 Å². The van der Waals surface area contributed by atoms with Gasteiger partial charge in [0.2, 0.25) is 5.91 Å². The van der Waals surface area contributed by atoms with Gasteiger partial charge in [-0.15, -0.1) is 36.2 Å². The average Bonchev–Trinajstić information content (AvgIpc) is 3.23. The van der Waals surface area contributed by atoms with Crippen LogP contribution in [0.1, 0.15) is 17.1 Å². The molecule has 0 bridgehead atoms. The molecule has 9 heteroatoms. The highest BCUT2D eigenvalue weighted by molar-refractivity contribution is 7.09. The standard InChI is InChI=1S/C17H20ClN3O2S.2ClH/c18-13-1-3-15(4-2-13)23-10-16-20-14(11-24-16)7-17(22)21-6-5-12(8-19)9-21;;/h1-4,11-12H,5-10,19H2;2*1H. The molecule has 0 spiro atoms. The predicted molar refractivity (Wildman–Crippen MR) is 110 cm³/mol. The number of thiazole rings is 1. The Morgan fingerprint density at radius 2 is 2.08 bits per heavy atom. The highest BCUT2D eigenvalue weighted by atomic mass is 35.5. The summed E-state index contributed by atoms with van der Waals surface area (Å²) < 4.78 is 5.67. The number of carbonyl (C=O) groups excluding carboxylic acids is 1. The third-order valence-electron chi connectivity index (χ3n) is 4.08. The largest absolute Gasteiger partial charge is 0.486 e. The number of likely N-dealkylation sites (tertiary alicyclic amines) is 1. The Bertz CT molecular complexity index is 697. The second-order valence-corrected chi connectivity index (χ2v) is 7.26. The fraction of sp³-hybridized carbons (Fsp3) is 0.412. The van der Waals surface area contributed by atoms with E-state index in [9.17, 15) is 4.79 Å². The number of aromatic nitrogens is 1. The zero-order valence-electron chi connectivity index (χ0n) is 14.1. The summed E-state index contributed by atoms with van der Waals surface area (Å²) >= 11 is 7.35. The van der Waals surface area contributed by atoms with E-state index in [1.807, 2.05) is 22.4 Å². The minimum atomic E-state index is 0. The molecule has 144 valence electrons. The number of hydrogen-bond donors (Lipinski definition) is 1. The van der Waals surface area contributed by atoms with Crippen molar-refractivity contribution in [2.75, 3.05) is 19.6 Å². The van der Waals surface area contributed by atoms with Gasteiger partial charge in [0.15, 0.2) is 0 Å². The molecule has 1 aliphatic rings. The van der Waals surface area contributed by atoms with Gasteiger partial charge in [0.05, 0.1) is 12.1 Å². The van der Waals surface area contributed by atoms with Crippen LogP contribution in [0.5, 0.6) is 5.75 Å². The minimum Gasteiger partial charge on any atom is -0.486 e. The van der Waals surface area contributed by atoms with Gasteiger partial charge < -0.3 is 15.4 Å². The summed E-state index contributed by atoms with van der Waals surface area (Å²) in [5.74, 6) is 1.31. The third kappa shape index (κ3) is 6.28. The number of nitrogens with two attached hydrogens (primary N) is 1. The van der Waals surface area contributed by atoms with Crippen molar-refractivity contribution in [3.05, 3.63) is 45.4 Å². The molecule has 1 amide bonds. The van der Waals surface area contributed by atoms with Gasteiger partial charge in [0, 0.05) is 23.5 Å². The molecule has 0 saturated carbocycles. The second-order valence-electron chi connectivity index (χ2n) is 5.88. The molecule has 2 N–H and O–H groups in total. The molecule has 0 aliphatic carbocycles. The number of benzene rings is 1. The van der Waals surface area contributed by atoms with Crippen LogP contribution in [0.3, 0.4) is 0 Å². The van der Waals surface area contributed by atoms with Crippen LogP contribution in [-0.4, -0.2) is 35.4 Å². The lowest BCUT2D eigenvalue weighted by Crippen LogP contribution is -2.31. The van der Waals surface area contributed by atoms with Gasteiger partial charge in [-0.2, -0.15) is 0 Å². The van der Waals surface area contributed by atoms with Gasteiger partial charge in [0.25, 0.3) is 0 Å². The molecular formula is C17H22Cl3N3O2S. The number of nitrogens with zero attached hydrogens (tertiary/aromatic N) is 2. The van der Waals surface area contributed by atoms with E-state index in [0.717, 1.165) is 36.0 Å². The number of rotatable bonds is 6. The molecule has 3 rings (SSSR count). The first-order chi connectivity index (χ1) is 11.6. The molecule has 1 aromatic heterocycles. The van der Waals surface area contributed by atoms with Crippen molar-refractivity contribution in [1.82, 2.24) is 9.88 Å². The maximum atomic E-state index is 12.3. The van der Waals surface area contributed by atoms with Crippen LogP contribution in [0.25, 0.3) is 0 Å². The van der Waals surface area contributed by atoms with E-state index >= 15 is 0 Å². The summed E-state index contributed by atoms with van der Waals surface area (Å²) in [5.41, 5.74) is 6.47. The van der Waals surface area contributed by atoms with Crippen LogP contribution in [0, 0.1) is 5.92 Å². The monoisotopic (exact) mass is 437 g/mol. The first-order valence-electron chi connectivity index (χ1n) is 7.93. The van der Waals surface area contributed by atoms with Crippen molar-refractivity contribution in [3.63, 3.8) is 0 Å². The molecule has 0 radical (unpaired) electrons. The molecule has 1 aromatic carbocycles. The zero-order chi connectivity index (χ0) is 16.9. The quantitative estimate of drug-likeness (QED) is 0.748. The molecule has 1 unspecified atom stereocenters. The molecule has 1 fully saturated rings. The summed E-state index contributed by atoms with van der Waals surface area (Å²) in [7, 11) is 0. The molecular weight excluding hydrogens is 417 g/mol. The number of amides is 1. The topological polar surface area (TPSA) is 68.5 Å². The average molecular weight is 439 g/mol. The van der Waals surface area contributed by atoms with E-state index < -0.39 is 0 Å². The molecule has 1 atom stereocenters. The van der Waals surface area contributed by atoms with Gasteiger partial charge in [-0.1, -0.05) is 11.6 Å². The number of halogens is 3. The van der Waals surface area contributed by atoms with Crippen molar-refractivity contribution >= 4 is 53.7 Å². The first-order valence-corrected chi connectivity index (χ1v) is 9.19. The van der Waals surface area contributed by atoms with Crippen LogP contribution < -0.4 is 10.5 Å². The summed E-state index contributed by atoms with van der Waals surface area (Å²) in [6, 6.07) is 7.21. The first kappa shape index (κ1) is 23.0. The lowest BCUT2D eigenvalue weighted by Gasteiger charge is -2.15.